The van der Waals surface area contributed by atoms with Gasteiger partial charge in [-0.05, 0) is 48.0 Å². The van der Waals surface area contributed by atoms with Crippen molar-refractivity contribution in [3.63, 3.8) is 0 Å². The van der Waals surface area contributed by atoms with Gasteiger partial charge in [0.25, 0.3) is 11.8 Å². The third-order valence-electron chi connectivity index (χ3n) is 4.48. The summed E-state index contributed by atoms with van der Waals surface area (Å²) < 4.78 is 6.53. The van der Waals surface area contributed by atoms with Crippen LogP contribution >= 0.6 is 15.9 Å². The minimum Gasteiger partial charge on any atom is -0.489 e. The molecule has 0 aromatic heterocycles. The van der Waals surface area contributed by atoms with Crippen molar-refractivity contribution < 1.29 is 14.3 Å². The quantitative estimate of drug-likeness (QED) is 0.569. The van der Waals surface area contributed by atoms with Crippen LogP contribution in [0.1, 0.15) is 26.3 Å². The van der Waals surface area contributed by atoms with Crippen molar-refractivity contribution in [2.75, 3.05) is 12.0 Å². The largest absolute Gasteiger partial charge is 0.489 e. The number of hydrogen-bond donors (Lipinski definition) is 1. The highest BCUT2D eigenvalue weighted by Crippen LogP contribution is 2.26. The van der Waals surface area contributed by atoms with Crippen molar-refractivity contribution in [2.24, 2.45) is 0 Å². The number of hydrogen-bond acceptors (Lipinski definition) is 4. The molecule has 0 radical (unpaired) electrons. The molecule has 0 saturated carbocycles. The molecule has 3 aromatic carbocycles. The number of carbonyl (C=O) groups excluding carboxylic acids is 2. The molecule has 6 heteroatoms. The van der Waals surface area contributed by atoms with Crippen molar-refractivity contribution in [3.8, 4) is 5.75 Å². The predicted molar refractivity (Wildman–Crippen MR) is 110 cm³/mol. The van der Waals surface area contributed by atoms with E-state index in [0.29, 0.717) is 17.7 Å². The van der Waals surface area contributed by atoms with Crippen molar-refractivity contribution >= 4 is 33.4 Å². The van der Waals surface area contributed by atoms with Gasteiger partial charge in [0.2, 0.25) is 0 Å². The zero-order chi connectivity index (χ0) is 19.5. The lowest BCUT2D eigenvalue weighted by atomic mass is 10.1. The van der Waals surface area contributed by atoms with Crippen molar-refractivity contribution in [3.05, 3.63) is 94.0 Å². The molecule has 5 nitrogen and oxygen atoms in total. The molecule has 1 aliphatic heterocycles. The number of amides is 2. The SMILES string of the molecule is O=C1c2ccc(Br)cc2C(=O)N1CNc1ccc(OCc2ccccc2)cc1. The number of ether oxygens (including phenoxy) is 1. The van der Waals surface area contributed by atoms with E-state index in [-0.39, 0.29) is 18.5 Å². The molecule has 2 amide bonds. The van der Waals surface area contributed by atoms with E-state index in [9.17, 15) is 9.59 Å². The first kappa shape index (κ1) is 18.3. The van der Waals surface area contributed by atoms with Gasteiger partial charge in [0.1, 0.15) is 12.4 Å². The Labute approximate surface area is 171 Å². The Morgan fingerprint density at radius 1 is 0.857 bits per heavy atom. The first-order valence-corrected chi connectivity index (χ1v) is 9.57. The van der Waals surface area contributed by atoms with E-state index in [4.69, 9.17) is 4.74 Å². The van der Waals surface area contributed by atoms with Crippen LogP contribution in [-0.4, -0.2) is 23.4 Å². The van der Waals surface area contributed by atoms with Gasteiger partial charge in [-0.1, -0.05) is 46.3 Å². The van der Waals surface area contributed by atoms with Crippen LogP contribution in [0.15, 0.2) is 77.3 Å². The zero-order valence-corrected chi connectivity index (χ0v) is 16.5. The van der Waals surface area contributed by atoms with E-state index in [0.717, 1.165) is 21.5 Å². The number of imide groups is 1. The van der Waals surface area contributed by atoms with Crippen LogP contribution in [0.5, 0.6) is 5.75 Å². The van der Waals surface area contributed by atoms with E-state index in [1.807, 2.05) is 54.6 Å². The van der Waals surface area contributed by atoms with Gasteiger partial charge in [-0.25, -0.2) is 0 Å². The average Bonchev–Trinajstić information content (AvgIpc) is 2.96. The molecule has 0 aliphatic carbocycles. The van der Waals surface area contributed by atoms with E-state index >= 15 is 0 Å². The molecule has 1 heterocycles. The Morgan fingerprint density at radius 2 is 1.57 bits per heavy atom. The average molecular weight is 437 g/mol. The summed E-state index contributed by atoms with van der Waals surface area (Å²) >= 11 is 3.33. The normalized spacial score (nSPS) is 12.8. The van der Waals surface area contributed by atoms with Crippen LogP contribution in [-0.2, 0) is 6.61 Å². The molecule has 0 bridgehead atoms. The van der Waals surface area contributed by atoms with Crippen LogP contribution in [0.3, 0.4) is 0 Å². The minimum absolute atomic E-state index is 0.105. The number of anilines is 1. The van der Waals surface area contributed by atoms with Crippen molar-refractivity contribution in [1.82, 2.24) is 4.90 Å². The molecule has 4 rings (SSSR count). The Kier molecular flexibility index (Phi) is 5.12. The molecule has 140 valence electrons. The molecular formula is C22H17BrN2O3. The highest BCUT2D eigenvalue weighted by Gasteiger charge is 2.35. The van der Waals surface area contributed by atoms with Gasteiger partial charge >= 0.3 is 0 Å². The smallest absolute Gasteiger partial charge is 0.263 e. The summed E-state index contributed by atoms with van der Waals surface area (Å²) in [6.07, 6.45) is 0. The Bertz CT molecular complexity index is 1020. The fraction of sp³-hybridized carbons (Fsp3) is 0.0909. The lowest BCUT2D eigenvalue weighted by Gasteiger charge is -2.16. The maximum Gasteiger partial charge on any atom is 0.263 e. The van der Waals surface area contributed by atoms with E-state index in [1.54, 1.807) is 18.2 Å². The van der Waals surface area contributed by atoms with E-state index in [2.05, 4.69) is 21.2 Å². The minimum atomic E-state index is -0.295. The van der Waals surface area contributed by atoms with Gasteiger partial charge in [0.05, 0.1) is 17.8 Å². The lowest BCUT2D eigenvalue weighted by Crippen LogP contribution is -2.34. The number of rotatable bonds is 6. The van der Waals surface area contributed by atoms with Gasteiger partial charge in [0, 0.05) is 10.2 Å². The monoisotopic (exact) mass is 436 g/mol. The molecular weight excluding hydrogens is 420 g/mol. The number of halogens is 1. The second-order valence-corrected chi connectivity index (χ2v) is 7.28. The summed E-state index contributed by atoms with van der Waals surface area (Å²) in [7, 11) is 0. The van der Waals surface area contributed by atoms with Crippen molar-refractivity contribution in [2.45, 2.75) is 6.61 Å². The predicted octanol–water partition coefficient (Wildman–Crippen LogP) is 4.69. The van der Waals surface area contributed by atoms with Gasteiger partial charge in [-0.3, -0.25) is 14.5 Å². The van der Waals surface area contributed by atoms with Crippen LogP contribution in [0.4, 0.5) is 5.69 Å². The molecule has 3 aromatic rings. The maximum absolute atomic E-state index is 12.5. The molecule has 0 spiro atoms. The highest BCUT2D eigenvalue weighted by molar-refractivity contribution is 9.10. The maximum atomic E-state index is 12.5. The highest BCUT2D eigenvalue weighted by atomic mass is 79.9. The number of benzene rings is 3. The number of carbonyl (C=O) groups is 2. The first-order chi connectivity index (χ1) is 13.6. The van der Waals surface area contributed by atoms with Gasteiger partial charge in [-0.2, -0.15) is 0 Å². The number of nitrogens with one attached hydrogen (secondary N) is 1. The van der Waals surface area contributed by atoms with Crippen LogP contribution in [0, 0.1) is 0 Å². The van der Waals surface area contributed by atoms with Gasteiger partial charge in [0.15, 0.2) is 0 Å². The Balaban J connectivity index is 1.35. The number of fused-ring (bicyclic) bond motifs is 1. The van der Waals surface area contributed by atoms with Crippen LogP contribution < -0.4 is 10.1 Å². The molecule has 1 aliphatic rings. The van der Waals surface area contributed by atoms with Gasteiger partial charge < -0.3 is 10.1 Å². The van der Waals surface area contributed by atoms with E-state index < -0.39 is 0 Å². The molecule has 28 heavy (non-hydrogen) atoms. The molecule has 1 N–H and O–H groups in total. The summed E-state index contributed by atoms with van der Waals surface area (Å²) in [6.45, 7) is 0.604. The fourth-order valence-electron chi connectivity index (χ4n) is 2.99. The van der Waals surface area contributed by atoms with Crippen LogP contribution in [0.2, 0.25) is 0 Å². The molecule has 0 atom stereocenters. The summed E-state index contributed by atoms with van der Waals surface area (Å²) in [4.78, 5) is 26.1. The lowest BCUT2D eigenvalue weighted by molar-refractivity contribution is 0.0666. The van der Waals surface area contributed by atoms with E-state index in [1.165, 1.54) is 4.90 Å². The zero-order valence-electron chi connectivity index (χ0n) is 14.9. The molecule has 0 saturated heterocycles. The summed E-state index contributed by atoms with van der Waals surface area (Å²) in [5, 5.41) is 3.11. The summed E-state index contributed by atoms with van der Waals surface area (Å²) in [6, 6.07) is 22.5. The van der Waals surface area contributed by atoms with Gasteiger partial charge in [-0.15, -0.1) is 0 Å². The second-order valence-electron chi connectivity index (χ2n) is 6.36. The third kappa shape index (κ3) is 3.77. The number of nitrogens with zero attached hydrogens (tertiary/aromatic N) is 1. The molecule has 0 fully saturated rings. The second kappa shape index (κ2) is 7.86. The third-order valence-corrected chi connectivity index (χ3v) is 4.97. The summed E-state index contributed by atoms with van der Waals surface area (Å²) in [5.41, 5.74) is 2.75. The van der Waals surface area contributed by atoms with Crippen LogP contribution in [0.25, 0.3) is 0 Å². The summed E-state index contributed by atoms with van der Waals surface area (Å²) in [5.74, 6) is 0.166. The Morgan fingerprint density at radius 3 is 2.32 bits per heavy atom. The Hall–Kier alpha value is -3.12. The first-order valence-electron chi connectivity index (χ1n) is 8.78. The fourth-order valence-corrected chi connectivity index (χ4v) is 3.35. The standard InChI is InChI=1S/C22H17BrN2O3/c23-16-6-11-19-20(12-16)22(27)25(21(19)26)14-24-17-7-9-18(10-8-17)28-13-15-4-2-1-3-5-15/h1-12,24H,13-14H2. The van der Waals surface area contributed by atoms with Crippen molar-refractivity contribution in [1.29, 1.82) is 0 Å². The topological polar surface area (TPSA) is 58.6 Å². The molecule has 0 unspecified atom stereocenters.